The van der Waals surface area contributed by atoms with Crippen molar-refractivity contribution < 1.29 is 24.0 Å². The first-order valence-electron chi connectivity index (χ1n) is 8.26. The van der Waals surface area contributed by atoms with Gasteiger partial charge in [-0.1, -0.05) is 24.4 Å². The summed E-state index contributed by atoms with van der Waals surface area (Å²) in [5, 5.41) is 15.7. The van der Waals surface area contributed by atoms with Crippen molar-refractivity contribution in [3.63, 3.8) is 0 Å². The van der Waals surface area contributed by atoms with Crippen LogP contribution < -0.4 is 5.32 Å². The van der Waals surface area contributed by atoms with Crippen molar-refractivity contribution in [1.29, 1.82) is 0 Å². The van der Waals surface area contributed by atoms with Crippen molar-refractivity contribution in [3.8, 4) is 0 Å². The molecule has 0 unspecified atom stereocenters. The summed E-state index contributed by atoms with van der Waals surface area (Å²) in [7, 11) is 0. The van der Waals surface area contributed by atoms with Gasteiger partial charge in [-0.05, 0) is 33.6 Å². The number of ether oxygens (including phenoxy) is 1. The number of nitrogens with one attached hydrogen (secondary N) is 1. The third-order valence-electron chi connectivity index (χ3n) is 3.90. The van der Waals surface area contributed by atoms with Gasteiger partial charge in [-0.2, -0.15) is 4.98 Å². The molecule has 8 heteroatoms. The van der Waals surface area contributed by atoms with Gasteiger partial charge in [0.15, 0.2) is 5.82 Å². The van der Waals surface area contributed by atoms with Crippen LogP contribution in [0.3, 0.4) is 0 Å². The van der Waals surface area contributed by atoms with Crippen LogP contribution in [0.4, 0.5) is 4.79 Å². The Morgan fingerprint density at radius 2 is 1.96 bits per heavy atom. The predicted molar refractivity (Wildman–Crippen MR) is 84.4 cm³/mol. The average Bonchev–Trinajstić information content (AvgIpc) is 2.93. The van der Waals surface area contributed by atoms with Gasteiger partial charge in [0.1, 0.15) is 11.1 Å². The Hall–Kier alpha value is -2.12. The number of carboxylic acids is 1. The summed E-state index contributed by atoms with van der Waals surface area (Å²) >= 11 is 0. The standard InChI is InChI=1S/C16H25N3O5/c1-15(2,3)23-14(22)18-16(9-5-4-6-10-16)13-17-11(24-19-13)7-8-12(20)21/h4-10H2,1-3H3,(H,18,22)(H,20,21). The lowest BCUT2D eigenvalue weighted by molar-refractivity contribution is -0.137. The Bertz CT molecular complexity index is 585. The fourth-order valence-corrected chi connectivity index (χ4v) is 2.82. The molecule has 1 saturated carbocycles. The molecule has 1 aromatic heterocycles. The number of aliphatic carboxylic acids is 1. The van der Waals surface area contributed by atoms with Gasteiger partial charge in [0.25, 0.3) is 0 Å². The summed E-state index contributed by atoms with van der Waals surface area (Å²) in [5.41, 5.74) is -1.31. The topological polar surface area (TPSA) is 115 Å². The maximum Gasteiger partial charge on any atom is 0.408 e. The zero-order chi connectivity index (χ0) is 17.8. The molecule has 24 heavy (non-hydrogen) atoms. The summed E-state index contributed by atoms with van der Waals surface area (Å²) in [6, 6.07) is 0. The Labute approximate surface area is 141 Å². The van der Waals surface area contributed by atoms with Gasteiger partial charge in [-0.25, -0.2) is 4.79 Å². The van der Waals surface area contributed by atoms with E-state index in [0.717, 1.165) is 19.3 Å². The Morgan fingerprint density at radius 3 is 2.54 bits per heavy atom. The summed E-state index contributed by atoms with van der Waals surface area (Å²) in [4.78, 5) is 27.2. The highest BCUT2D eigenvalue weighted by Crippen LogP contribution is 2.36. The molecule has 1 aliphatic rings. The van der Waals surface area contributed by atoms with Crippen LogP contribution in [0.1, 0.15) is 71.0 Å². The van der Waals surface area contributed by atoms with E-state index in [4.69, 9.17) is 14.4 Å². The molecule has 1 aliphatic carbocycles. The van der Waals surface area contributed by atoms with Crippen LogP contribution in [-0.4, -0.2) is 32.9 Å². The lowest BCUT2D eigenvalue weighted by Gasteiger charge is -2.35. The van der Waals surface area contributed by atoms with Gasteiger partial charge < -0.3 is 19.7 Å². The van der Waals surface area contributed by atoms with Crippen molar-refractivity contribution >= 4 is 12.1 Å². The monoisotopic (exact) mass is 339 g/mol. The largest absolute Gasteiger partial charge is 0.481 e. The minimum atomic E-state index is -0.922. The van der Waals surface area contributed by atoms with Gasteiger partial charge in [0, 0.05) is 6.42 Å². The number of carbonyl (C=O) groups is 2. The van der Waals surface area contributed by atoms with Crippen molar-refractivity contribution in [2.45, 2.75) is 76.9 Å². The van der Waals surface area contributed by atoms with Crippen LogP contribution >= 0.6 is 0 Å². The van der Waals surface area contributed by atoms with Crippen molar-refractivity contribution in [3.05, 3.63) is 11.7 Å². The minimum Gasteiger partial charge on any atom is -0.481 e. The van der Waals surface area contributed by atoms with E-state index in [0.29, 0.717) is 18.7 Å². The highest BCUT2D eigenvalue weighted by atomic mass is 16.6. The number of carboxylic acid groups (broad SMARTS) is 1. The molecule has 0 radical (unpaired) electrons. The van der Waals surface area contributed by atoms with E-state index >= 15 is 0 Å². The van der Waals surface area contributed by atoms with E-state index in [1.807, 2.05) is 0 Å². The molecule has 2 rings (SSSR count). The number of hydrogen-bond acceptors (Lipinski definition) is 6. The number of alkyl carbamates (subject to hydrolysis) is 1. The fraction of sp³-hybridized carbons (Fsp3) is 0.750. The first-order valence-corrected chi connectivity index (χ1v) is 8.26. The fourth-order valence-electron chi connectivity index (χ4n) is 2.82. The van der Waals surface area contributed by atoms with Gasteiger partial charge in [0.05, 0.1) is 6.42 Å². The molecular weight excluding hydrogens is 314 g/mol. The zero-order valence-corrected chi connectivity index (χ0v) is 14.4. The summed E-state index contributed by atoms with van der Waals surface area (Å²) in [6.45, 7) is 5.41. The highest BCUT2D eigenvalue weighted by molar-refractivity contribution is 5.69. The van der Waals surface area contributed by atoms with Gasteiger partial charge in [-0.15, -0.1) is 0 Å². The van der Waals surface area contributed by atoms with E-state index < -0.39 is 23.2 Å². The molecule has 8 nitrogen and oxygen atoms in total. The smallest absolute Gasteiger partial charge is 0.408 e. The molecule has 0 atom stereocenters. The number of rotatable bonds is 5. The molecular formula is C16H25N3O5. The molecule has 0 aromatic carbocycles. The number of amides is 1. The van der Waals surface area contributed by atoms with E-state index in [2.05, 4.69) is 15.5 Å². The normalized spacial score (nSPS) is 17.3. The zero-order valence-electron chi connectivity index (χ0n) is 14.4. The van der Waals surface area contributed by atoms with E-state index in [9.17, 15) is 9.59 Å². The Balaban J connectivity index is 2.15. The lowest BCUT2D eigenvalue weighted by atomic mass is 9.81. The number of aromatic nitrogens is 2. The summed E-state index contributed by atoms with van der Waals surface area (Å²) in [6.07, 6.45) is 3.94. The van der Waals surface area contributed by atoms with Gasteiger partial charge >= 0.3 is 12.1 Å². The van der Waals surface area contributed by atoms with E-state index in [-0.39, 0.29) is 18.7 Å². The lowest BCUT2D eigenvalue weighted by Crippen LogP contribution is -2.49. The number of hydrogen-bond donors (Lipinski definition) is 2. The second kappa shape index (κ2) is 7.19. The van der Waals surface area contributed by atoms with Crippen LogP contribution in [-0.2, 0) is 21.5 Å². The Kier molecular flexibility index (Phi) is 5.46. The predicted octanol–water partition coefficient (Wildman–Crippen LogP) is 2.77. The van der Waals surface area contributed by atoms with E-state index in [1.54, 1.807) is 20.8 Å². The third-order valence-corrected chi connectivity index (χ3v) is 3.90. The summed E-state index contributed by atoms with van der Waals surface area (Å²) in [5.74, 6) is -0.259. The number of nitrogens with zero attached hydrogens (tertiary/aromatic N) is 2. The van der Waals surface area contributed by atoms with Crippen LogP contribution in [0.15, 0.2) is 4.52 Å². The molecule has 1 amide bonds. The number of aryl methyl sites for hydroxylation is 1. The first kappa shape index (κ1) is 18.2. The molecule has 0 spiro atoms. The quantitative estimate of drug-likeness (QED) is 0.847. The maximum absolute atomic E-state index is 12.2. The molecule has 1 heterocycles. The van der Waals surface area contributed by atoms with Crippen LogP contribution in [0, 0.1) is 0 Å². The second-order valence-corrected chi connectivity index (χ2v) is 7.18. The second-order valence-electron chi connectivity index (χ2n) is 7.18. The molecule has 0 aliphatic heterocycles. The third kappa shape index (κ3) is 4.94. The van der Waals surface area contributed by atoms with Crippen LogP contribution in [0.2, 0.25) is 0 Å². The van der Waals surface area contributed by atoms with Crippen LogP contribution in [0.5, 0.6) is 0 Å². The molecule has 2 N–H and O–H groups in total. The highest BCUT2D eigenvalue weighted by Gasteiger charge is 2.41. The first-order chi connectivity index (χ1) is 11.2. The Morgan fingerprint density at radius 1 is 1.29 bits per heavy atom. The average molecular weight is 339 g/mol. The minimum absolute atomic E-state index is 0.0753. The van der Waals surface area contributed by atoms with E-state index in [1.165, 1.54) is 0 Å². The summed E-state index contributed by atoms with van der Waals surface area (Å²) < 4.78 is 10.5. The van der Waals surface area contributed by atoms with Crippen LogP contribution in [0.25, 0.3) is 0 Å². The number of carbonyl (C=O) groups excluding carboxylic acids is 1. The molecule has 1 aromatic rings. The molecule has 134 valence electrons. The van der Waals surface area contributed by atoms with Crippen molar-refractivity contribution in [2.24, 2.45) is 0 Å². The SMILES string of the molecule is CC(C)(C)OC(=O)NC1(c2noc(CCC(=O)O)n2)CCCCC1. The molecule has 0 saturated heterocycles. The van der Waals surface area contributed by atoms with Gasteiger partial charge in [0.2, 0.25) is 5.89 Å². The van der Waals surface area contributed by atoms with Crippen molar-refractivity contribution in [1.82, 2.24) is 15.5 Å². The molecule has 0 bridgehead atoms. The maximum atomic E-state index is 12.2. The van der Waals surface area contributed by atoms with Gasteiger partial charge in [-0.3, -0.25) is 4.79 Å². The van der Waals surface area contributed by atoms with Crippen molar-refractivity contribution in [2.75, 3.05) is 0 Å². The molecule has 1 fully saturated rings.